The van der Waals surface area contributed by atoms with Gasteiger partial charge in [0, 0.05) is 0 Å². The van der Waals surface area contributed by atoms with E-state index in [4.69, 9.17) is 0 Å². The van der Waals surface area contributed by atoms with Crippen molar-refractivity contribution in [3.8, 4) is 0 Å². The van der Waals surface area contributed by atoms with Gasteiger partial charge < -0.3 is 4.74 Å². The van der Waals surface area contributed by atoms with Gasteiger partial charge in [-0.2, -0.15) is 26.3 Å². The Labute approximate surface area is 91.2 Å². The summed E-state index contributed by atoms with van der Waals surface area (Å²) < 4.78 is 69.7. The van der Waals surface area contributed by atoms with Crippen molar-refractivity contribution in [2.75, 3.05) is 0 Å². The van der Waals surface area contributed by atoms with Crippen molar-refractivity contribution in [1.29, 1.82) is 0 Å². The summed E-state index contributed by atoms with van der Waals surface area (Å²) in [4.78, 5) is 19.3. The predicted octanol–water partition coefficient (Wildman–Crippen LogP) is -0.00310. The summed E-state index contributed by atoms with van der Waals surface area (Å²) >= 11 is 0. The first-order chi connectivity index (χ1) is 5.55. The molecule has 0 aromatic rings. The van der Waals surface area contributed by atoms with Gasteiger partial charge in [-0.1, -0.05) is 0 Å². The second-order valence-electron chi connectivity index (χ2n) is 1.67. The van der Waals surface area contributed by atoms with Crippen molar-refractivity contribution in [2.24, 2.45) is 0 Å². The van der Waals surface area contributed by atoms with Crippen LogP contribution < -0.4 is 0 Å². The summed E-state index contributed by atoms with van der Waals surface area (Å²) in [5.41, 5.74) is 0. The van der Waals surface area contributed by atoms with Crippen LogP contribution in [0.4, 0.5) is 26.3 Å². The van der Waals surface area contributed by atoms with Gasteiger partial charge in [-0.25, -0.2) is 9.59 Å². The monoisotopic (exact) mass is 328 g/mol. The summed E-state index contributed by atoms with van der Waals surface area (Å²) in [6, 6.07) is 0. The quantitative estimate of drug-likeness (QED) is 0.357. The van der Waals surface area contributed by atoms with E-state index in [0.717, 1.165) is 0 Å². The molecule has 0 aromatic heterocycles. The number of alkyl halides is 6. The minimum absolute atomic E-state index is 0. The summed E-state index contributed by atoms with van der Waals surface area (Å²) in [6.07, 6.45) is -11.2. The molecule has 0 atom stereocenters. The van der Waals surface area contributed by atoms with Gasteiger partial charge in [0.2, 0.25) is 0 Å². The fraction of sp³-hybridized carbons (Fsp3) is 0.500. The molecule has 0 aliphatic carbocycles. The molecule has 0 aliphatic rings. The second kappa shape index (κ2) is 4.89. The Bertz CT molecular complexity index is 206. The second-order valence-corrected chi connectivity index (χ2v) is 1.67. The fourth-order valence-corrected chi connectivity index (χ4v) is 0.200. The molecule has 0 radical (unpaired) electrons. The van der Waals surface area contributed by atoms with Crippen LogP contribution in [-0.2, 0) is 14.3 Å². The molecule has 0 saturated carbocycles. The number of rotatable bonds is 0. The molecule has 0 saturated heterocycles. The average molecular weight is 328 g/mol. The normalized spacial score (nSPS) is 11.6. The Morgan fingerprint density at radius 2 is 1.00 bits per heavy atom. The predicted molar refractivity (Wildman–Crippen MR) is 33.1 cm³/mol. The first-order valence-electron chi connectivity index (χ1n) is 2.45. The molecule has 82 valence electrons. The molecule has 0 aromatic carbocycles. The van der Waals surface area contributed by atoms with Crippen molar-refractivity contribution in [3.05, 3.63) is 0 Å². The van der Waals surface area contributed by atoms with Crippen LogP contribution in [0.3, 0.4) is 0 Å². The number of carbonyl (C=O) groups excluding carboxylic acids is 2. The van der Waals surface area contributed by atoms with Crippen molar-refractivity contribution in [3.63, 3.8) is 0 Å². The third kappa shape index (κ3) is 5.35. The zero-order chi connectivity index (χ0) is 10.9. The maximum atomic E-state index is 11.2. The van der Waals surface area contributed by atoms with E-state index in [1.165, 1.54) is 0 Å². The molecule has 10 heteroatoms. The molecule has 0 heterocycles. The van der Waals surface area contributed by atoms with E-state index in [0.29, 0.717) is 0 Å². The molecule has 0 spiro atoms. The molecular formula is C4H3F6InO3. The Balaban J connectivity index is 0. The van der Waals surface area contributed by atoms with Gasteiger partial charge in [-0.3, -0.25) is 0 Å². The molecule has 14 heavy (non-hydrogen) atoms. The van der Waals surface area contributed by atoms with E-state index in [-0.39, 0.29) is 25.8 Å². The first-order valence-corrected chi connectivity index (χ1v) is 2.45. The number of hydrogen-bond acceptors (Lipinski definition) is 3. The number of esters is 2. The minimum atomic E-state index is -5.62. The van der Waals surface area contributed by atoms with Gasteiger partial charge in [0.15, 0.2) is 0 Å². The van der Waals surface area contributed by atoms with Gasteiger partial charge >= 0.3 is 50.1 Å². The van der Waals surface area contributed by atoms with E-state index in [9.17, 15) is 35.9 Å². The first kappa shape index (κ1) is 16.0. The fourth-order valence-electron chi connectivity index (χ4n) is 0.200. The van der Waals surface area contributed by atoms with Crippen LogP contribution in [0, 0.1) is 0 Å². The zero-order valence-corrected chi connectivity index (χ0v) is 5.49. The molecule has 0 bridgehead atoms. The van der Waals surface area contributed by atoms with Crippen LogP contribution in [-0.4, -0.2) is 50.1 Å². The molecular weight excluding hydrogens is 325 g/mol. The summed E-state index contributed by atoms with van der Waals surface area (Å²) in [7, 11) is 0. The van der Waals surface area contributed by atoms with Crippen LogP contribution in [0.2, 0.25) is 0 Å². The summed E-state index contributed by atoms with van der Waals surface area (Å²) in [5.74, 6) is -6.40. The number of hydrogen-bond donors (Lipinski definition) is 0. The van der Waals surface area contributed by atoms with E-state index in [2.05, 4.69) is 4.74 Å². The molecule has 0 amide bonds. The molecule has 0 rings (SSSR count). The van der Waals surface area contributed by atoms with Gasteiger partial charge in [0.1, 0.15) is 0 Å². The number of halogens is 6. The van der Waals surface area contributed by atoms with Crippen molar-refractivity contribution in [2.45, 2.75) is 12.4 Å². The number of ether oxygens (including phenoxy) is 1. The Kier molecular flexibility index (Phi) is 5.61. The van der Waals surface area contributed by atoms with Crippen molar-refractivity contribution < 1.29 is 40.7 Å². The number of carbonyl (C=O) groups is 2. The van der Waals surface area contributed by atoms with Crippen LogP contribution in [0.5, 0.6) is 0 Å². The van der Waals surface area contributed by atoms with Crippen LogP contribution in [0.25, 0.3) is 0 Å². The molecule has 3 nitrogen and oxygen atoms in total. The van der Waals surface area contributed by atoms with E-state index >= 15 is 0 Å². The van der Waals surface area contributed by atoms with E-state index < -0.39 is 24.3 Å². The van der Waals surface area contributed by atoms with E-state index in [1.54, 1.807) is 0 Å². The zero-order valence-electron chi connectivity index (χ0n) is 5.49. The third-order valence-corrected chi connectivity index (χ3v) is 0.648. The van der Waals surface area contributed by atoms with Gasteiger partial charge in [-0.05, 0) is 0 Å². The third-order valence-electron chi connectivity index (χ3n) is 0.648. The molecule has 0 aliphatic heterocycles. The van der Waals surface area contributed by atoms with E-state index in [1.807, 2.05) is 0 Å². The van der Waals surface area contributed by atoms with Crippen molar-refractivity contribution >= 4 is 37.8 Å². The Morgan fingerprint density at radius 3 is 1.14 bits per heavy atom. The van der Waals surface area contributed by atoms with Gasteiger partial charge in [0.05, 0.1) is 0 Å². The Morgan fingerprint density at radius 1 is 0.786 bits per heavy atom. The molecule has 0 fully saturated rings. The topological polar surface area (TPSA) is 43.4 Å². The molecule has 0 N–H and O–H groups in total. The van der Waals surface area contributed by atoms with Crippen LogP contribution in [0.15, 0.2) is 0 Å². The summed E-state index contributed by atoms with van der Waals surface area (Å²) in [5, 5.41) is 0. The SMILES string of the molecule is O=C(OC(=O)C(F)(F)F)C(F)(F)F.[InH3]. The van der Waals surface area contributed by atoms with Crippen LogP contribution in [0.1, 0.15) is 0 Å². The maximum absolute atomic E-state index is 11.2. The Hall–Kier alpha value is -0.410. The van der Waals surface area contributed by atoms with Gasteiger partial charge in [0.25, 0.3) is 0 Å². The summed E-state index contributed by atoms with van der Waals surface area (Å²) in [6.45, 7) is 0. The standard InChI is InChI=1S/C4F6O3.In.3H/c5-3(6,7)1(11)13-2(12)4(8,9)10;;;;. The average Bonchev–Trinajstić information content (AvgIpc) is 1.82. The van der Waals surface area contributed by atoms with Crippen LogP contribution >= 0.6 is 0 Å². The van der Waals surface area contributed by atoms with Crippen molar-refractivity contribution in [1.82, 2.24) is 0 Å². The van der Waals surface area contributed by atoms with Gasteiger partial charge in [-0.15, -0.1) is 0 Å². The molecule has 0 unspecified atom stereocenters.